The van der Waals surface area contributed by atoms with Gasteiger partial charge in [0.1, 0.15) is 5.69 Å². The molecule has 5 rings (SSSR count). The van der Waals surface area contributed by atoms with Gasteiger partial charge in [-0.05, 0) is 36.8 Å². The van der Waals surface area contributed by atoms with Crippen LogP contribution in [0, 0.1) is 0 Å². The van der Waals surface area contributed by atoms with Crippen LogP contribution in [0.3, 0.4) is 0 Å². The van der Waals surface area contributed by atoms with Crippen LogP contribution in [0.4, 0.5) is 26.3 Å². The first-order chi connectivity index (χ1) is 15.9. The minimum atomic E-state index is -4.76. The van der Waals surface area contributed by atoms with Crippen molar-refractivity contribution >= 4 is 5.91 Å². The second-order valence-corrected chi connectivity index (χ2v) is 8.15. The normalized spacial score (nSPS) is 19.5. The van der Waals surface area contributed by atoms with Crippen molar-refractivity contribution < 1.29 is 36.2 Å². The third-order valence-corrected chi connectivity index (χ3v) is 6.21. The van der Waals surface area contributed by atoms with E-state index in [1.54, 1.807) is 0 Å². The van der Waals surface area contributed by atoms with Crippen molar-refractivity contribution in [1.29, 1.82) is 0 Å². The van der Waals surface area contributed by atoms with Crippen molar-refractivity contribution in [2.45, 2.75) is 30.9 Å². The molecule has 6 nitrogen and oxygen atoms in total. The lowest BCUT2D eigenvalue weighted by atomic mass is 10.0. The fourth-order valence-electron chi connectivity index (χ4n) is 4.80. The largest absolute Gasteiger partial charge is 0.493 e. The molecule has 1 fully saturated rings. The first-order valence-electron chi connectivity index (χ1n) is 10.1. The molecule has 0 radical (unpaired) electrons. The van der Waals surface area contributed by atoms with Crippen molar-refractivity contribution in [3.63, 3.8) is 0 Å². The van der Waals surface area contributed by atoms with Crippen molar-refractivity contribution in [1.82, 2.24) is 14.0 Å². The molecule has 0 spiro atoms. The maximum atomic E-state index is 13.4. The molecule has 2 aliphatic rings. The van der Waals surface area contributed by atoms with Gasteiger partial charge < -0.3 is 10.0 Å². The van der Waals surface area contributed by atoms with E-state index in [4.69, 9.17) is 0 Å². The van der Waals surface area contributed by atoms with Crippen LogP contribution in [0.2, 0.25) is 0 Å². The predicted octanol–water partition coefficient (Wildman–Crippen LogP) is 4.52. The number of carbonyl (C=O) groups is 1. The number of hydrogen-bond donors (Lipinski definition) is 1. The minimum Gasteiger partial charge on any atom is -0.493 e. The predicted molar refractivity (Wildman–Crippen MR) is 106 cm³/mol. The van der Waals surface area contributed by atoms with E-state index in [2.05, 4.69) is 0 Å². The third-order valence-electron chi connectivity index (χ3n) is 6.21. The molecule has 178 valence electrons. The Morgan fingerprint density at radius 3 is 2.35 bits per heavy atom. The number of fused-ring (bicyclic) bond motifs is 5. The van der Waals surface area contributed by atoms with E-state index >= 15 is 0 Å². The van der Waals surface area contributed by atoms with Crippen molar-refractivity contribution in [2.24, 2.45) is 0 Å². The van der Waals surface area contributed by atoms with Gasteiger partial charge in [-0.2, -0.15) is 26.3 Å². The summed E-state index contributed by atoms with van der Waals surface area (Å²) in [5.41, 5.74) is -3.72. The lowest BCUT2D eigenvalue weighted by Gasteiger charge is -2.28. The molecule has 1 N–H and O–H groups in total. The van der Waals surface area contributed by atoms with E-state index in [-0.39, 0.29) is 24.3 Å². The van der Waals surface area contributed by atoms with Gasteiger partial charge in [0.2, 0.25) is 5.88 Å². The molecule has 2 aliphatic heterocycles. The Bertz CT molecular complexity index is 1370. The molecule has 1 amide bonds. The number of amides is 1. The van der Waals surface area contributed by atoms with Gasteiger partial charge in [0.25, 0.3) is 5.91 Å². The minimum absolute atomic E-state index is 0.0171. The molecule has 12 heteroatoms. The molecule has 0 saturated carbocycles. The molecule has 1 saturated heterocycles. The van der Waals surface area contributed by atoms with Gasteiger partial charge in [0.15, 0.2) is 0 Å². The molecule has 1 aromatic heterocycles. The number of carbonyl (C=O) groups excluding carboxylic acids is 1. The zero-order valence-corrected chi connectivity index (χ0v) is 17.1. The molecule has 3 aromatic rings. The first kappa shape index (κ1) is 22.1. The van der Waals surface area contributed by atoms with E-state index in [0.29, 0.717) is 10.6 Å². The molecule has 2 aromatic carbocycles. The number of rotatable bonds is 2. The average Bonchev–Trinajstić information content (AvgIpc) is 3.43. The van der Waals surface area contributed by atoms with Gasteiger partial charge in [-0.3, -0.25) is 9.36 Å². The number of likely N-dealkylation sites (tertiary alicyclic amines) is 1. The van der Waals surface area contributed by atoms with E-state index in [1.165, 1.54) is 16.7 Å². The van der Waals surface area contributed by atoms with Gasteiger partial charge in [-0.15, -0.1) is 0 Å². The fourth-order valence-corrected chi connectivity index (χ4v) is 4.80. The summed E-state index contributed by atoms with van der Waals surface area (Å²) in [5, 5.41) is 10.8. The third kappa shape index (κ3) is 3.19. The first-order valence-corrected chi connectivity index (χ1v) is 10.1. The van der Waals surface area contributed by atoms with Gasteiger partial charge >= 0.3 is 18.0 Å². The summed E-state index contributed by atoms with van der Waals surface area (Å²) in [7, 11) is 0. The number of aromatic hydroxyl groups is 1. The fraction of sp³-hybridized carbons (Fsp3) is 0.273. The summed E-state index contributed by atoms with van der Waals surface area (Å²) in [6, 6.07) is 6.60. The van der Waals surface area contributed by atoms with E-state index in [9.17, 15) is 41.0 Å². The molecule has 3 heterocycles. The number of imidazole rings is 1. The molecule has 2 bridgehead atoms. The van der Waals surface area contributed by atoms with Crippen LogP contribution in [-0.4, -0.2) is 31.6 Å². The average molecular weight is 483 g/mol. The Labute approximate surface area is 187 Å². The van der Waals surface area contributed by atoms with Gasteiger partial charge in [0.05, 0.1) is 34.5 Å². The van der Waals surface area contributed by atoms with Crippen LogP contribution < -0.4 is 5.69 Å². The molecule has 34 heavy (non-hydrogen) atoms. The molecule has 0 aliphatic carbocycles. The summed E-state index contributed by atoms with van der Waals surface area (Å²) >= 11 is 0. The van der Waals surface area contributed by atoms with Crippen molar-refractivity contribution in [3.05, 3.63) is 81.4 Å². The molecular formula is C22H15F6N3O3. The monoisotopic (exact) mass is 483 g/mol. The highest BCUT2D eigenvalue weighted by molar-refractivity contribution is 5.96. The van der Waals surface area contributed by atoms with Crippen molar-refractivity contribution in [3.8, 4) is 11.6 Å². The van der Waals surface area contributed by atoms with E-state index < -0.39 is 58.6 Å². The van der Waals surface area contributed by atoms with Crippen LogP contribution >= 0.6 is 0 Å². The number of hydrogen-bond acceptors (Lipinski definition) is 3. The summed E-state index contributed by atoms with van der Waals surface area (Å²) in [5.74, 6) is -1.57. The molecule has 2 atom stereocenters. The Hall–Kier alpha value is -3.70. The van der Waals surface area contributed by atoms with Crippen LogP contribution in [0.1, 0.15) is 45.7 Å². The summed E-state index contributed by atoms with van der Waals surface area (Å²) in [6.07, 6.45) is -9.24. The van der Waals surface area contributed by atoms with Crippen LogP contribution in [0.15, 0.2) is 53.3 Å². The topological polar surface area (TPSA) is 67.5 Å². The Kier molecular flexibility index (Phi) is 4.65. The summed E-state index contributed by atoms with van der Waals surface area (Å²) < 4.78 is 81.5. The second-order valence-electron chi connectivity index (χ2n) is 8.15. The SMILES string of the molecule is O=C(c1ccccc1C(F)(F)F)N1C[C@@H]2C[C@H]1c1c(O)n(-c3cccc(C(F)(F)F)c3)c(=O)n12. The van der Waals surface area contributed by atoms with Gasteiger partial charge in [-0.25, -0.2) is 9.36 Å². The summed E-state index contributed by atoms with van der Waals surface area (Å²) in [6.45, 7) is -0.0748. The van der Waals surface area contributed by atoms with E-state index in [0.717, 1.165) is 35.2 Å². The molecular weight excluding hydrogens is 468 g/mol. The van der Waals surface area contributed by atoms with Crippen LogP contribution in [-0.2, 0) is 12.4 Å². The maximum absolute atomic E-state index is 13.4. The number of benzene rings is 2. The highest BCUT2D eigenvalue weighted by Gasteiger charge is 2.50. The van der Waals surface area contributed by atoms with Gasteiger partial charge in [-0.1, -0.05) is 18.2 Å². The zero-order valence-electron chi connectivity index (χ0n) is 17.1. The van der Waals surface area contributed by atoms with E-state index in [1.807, 2.05) is 0 Å². The smallest absolute Gasteiger partial charge is 0.417 e. The maximum Gasteiger partial charge on any atom is 0.417 e. The quantitative estimate of drug-likeness (QED) is 0.545. The van der Waals surface area contributed by atoms with Gasteiger partial charge in [0, 0.05) is 6.54 Å². The Morgan fingerprint density at radius 2 is 1.68 bits per heavy atom. The highest BCUT2D eigenvalue weighted by atomic mass is 19.4. The Morgan fingerprint density at radius 1 is 0.971 bits per heavy atom. The zero-order chi connectivity index (χ0) is 24.6. The summed E-state index contributed by atoms with van der Waals surface area (Å²) in [4.78, 5) is 27.2. The second kappa shape index (κ2) is 7.15. The number of nitrogens with zero attached hydrogens (tertiary/aromatic N) is 3. The number of aromatic nitrogens is 2. The molecule has 0 unspecified atom stereocenters. The lowest BCUT2D eigenvalue weighted by Crippen LogP contribution is -2.38. The van der Waals surface area contributed by atoms with Crippen molar-refractivity contribution in [2.75, 3.05) is 6.54 Å². The number of alkyl halides is 6. The van der Waals surface area contributed by atoms with Crippen LogP contribution in [0.25, 0.3) is 5.69 Å². The number of halogens is 6. The Balaban J connectivity index is 1.56. The van der Waals surface area contributed by atoms with Crippen LogP contribution in [0.5, 0.6) is 5.88 Å². The standard InChI is InChI=1S/C22H15F6N3O3/c23-21(24,25)11-4-3-5-12(8-11)31-19(33)17-16-9-13(30(17)20(31)34)10-29(16)18(32)14-6-1-2-7-15(14)22(26,27)28/h1-8,13,16,33H,9-10H2/t13-,16-/m0/s1. The highest BCUT2D eigenvalue weighted by Crippen LogP contribution is 2.49. The lowest BCUT2D eigenvalue weighted by molar-refractivity contribution is -0.138.